The first kappa shape index (κ1) is 11.0. The topological polar surface area (TPSA) is 32.3 Å². The Kier molecular flexibility index (Phi) is 2.58. The van der Waals surface area contributed by atoms with Crippen molar-refractivity contribution in [2.75, 3.05) is 16.8 Å². The van der Waals surface area contributed by atoms with E-state index in [2.05, 4.69) is 21.2 Å². The predicted molar refractivity (Wildman–Crippen MR) is 67.7 cm³/mol. The summed E-state index contributed by atoms with van der Waals surface area (Å²) >= 11 is 3.14. The number of carbonyl (C=O) groups is 1. The molecule has 1 aromatic carbocycles. The average molecular weight is 299 g/mol. The molecular formula is C12H12BrFN2O. The zero-order valence-corrected chi connectivity index (χ0v) is 10.8. The van der Waals surface area contributed by atoms with Gasteiger partial charge in [-0.2, -0.15) is 0 Å². The summed E-state index contributed by atoms with van der Waals surface area (Å²) in [7, 11) is 0. The van der Waals surface area contributed by atoms with Crippen molar-refractivity contribution in [3.63, 3.8) is 0 Å². The number of carbonyl (C=O) groups excluding carboxylic acids is 1. The van der Waals surface area contributed by atoms with Gasteiger partial charge in [-0.25, -0.2) is 4.39 Å². The molecule has 3 rings (SSSR count). The Balaban J connectivity index is 2.10. The van der Waals surface area contributed by atoms with Crippen molar-refractivity contribution in [2.24, 2.45) is 0 Å². The molecule has 2 aliphatic rings. The molecule has 0 spiro atoms. The normalized spacial score (nSPS) is 22.8. The fourth-order valence-corrected chi connectivity index (χ4v) is 2.93. The van der Waals surface area contributed by atoms with Gasteiger partial charge in [-0.05, 0) is 41.3 Å². The fourth-order valence-electron chi connectivity index (χ4n) is 2.58. The van der Waals surface area contributed by atoms with Gasteiger partial charge in [-0.15, -0.1) is 0 Å². The van der Waals surface area contributed by atoms with Crippen LogP contribution in [-0.4, -0.2) is 18.5 Å². The highest BCUT2D eigenvalue weighted by atomic mass is 79.9. The van der Waals surface area contributed by atoms with Gasteiger partial charge >= 0.3 is 0 Å². The molecule has 1 saturated heterocycles. The number of nitrogens with one attached hydrogen (secondary N) is 1. The SMILES string of the molecule is O=C1Nc2cc(Br)c(F)cc2N2CCCCC12. The van der Waals surface area contributed by atoms with E-state index in [1.165, 1.54) is 6.07 Å². The number of piperidine rings is 1. The molecule has 1 amide bonds. The van der Waals surface area contributed by atoms with Gasteiger partial charge in [0.05, 0.1) is 15.8 Å². The first-order chi connectivity index (χ1) is 8.16. The lowest BCUT2D eigenvalue weighted by Gasteiger charge is -2.41. The smallest absolute Gasteiger partial charge is 0.247 e. The molecule has 1 N–H and O–H groups in total. The van der Waals surface area contributed by atoms with E-state index in [4.69, 9.17) is 0 Å². The van der Waals surface area contributed by atoms with E-state index in [0.29, 0.717) is 10.2 Å². The van der Waals surface area contributed by atoms with Crippen LogP contribution in [0.25, 0.3) is 0 Å². The fraction of sp³-hybridized carbons (Fsp3) is 0.417. The molecule has 0 bridgehead atoms. The first-order valence-electron chi connectivity index (χ1n) is 5.73. The molecule has 3 nitrogen and oxygen atoms in total. The summed E-state index contributed by atoms with van der Waals surface area (Å²) in [6, 6.07) is 3.00. The van der Waals surface area contributed by atoms with Crippen LogP contribution in [0.1, 0.15) is 19.3 Å². The number of nitrogens with zero attached hydrogens (tertiary/aromatic N) is 1. The molecule has 2 heterocycles. The van der Waals surface area contributed by atoms with Crippen molar-refractivity contribution >= 4 is 33.2 Å². The van der Waals surface area contributed by atoms with Crippen LogP contribution < -0.4 is 10.2 Å². The number of fused-ring (bicyclic) bond motifs is 3. The van der Waals surface area contributed by atoms with Crippen LogP contribution in [0.5, 0.6) is 0 Å². The molecule has 1 fully saturated rings. The predicted octanol–water partition coefficient (Wildman–Crippen LogP) is 2.90. The Hall–Kier alpha value is -1.10. The molecule has 5 heteroatoms. The molecule has 0 aromatic heterocycles. The number of rotatable bonds is 0. The molecule has 0 radical (unpaired) electrons. The summed E-state index contributed by atoms with van der Waals surface area (Å²) in [5, 5.41) is 2.85. The van der Waals surface area contributed by atoms with Gasteiger partial charge in [-0.3, -0.25) is 4.79 Å². The maximum absolute atomic E-state index is 13.6. The summed E-state index contributed by atoms with van der Waals surface area (Å²) in [6.07, 6.45) is 2.97. The maximum atomic E-state index is 13.6. The lowest BCUT2D eigenvalue weighted by atomic mass is 9.97. The molecule has 2 aliphatic heterocycles. The van der Waals surface area contributed by atoms with E-state index in [1.807, 2.05) is 4.90 Å². The van der Waals surface area contributed by atoms with E-state index in [9.17, 15) is 9.18 Å². The summed E-state index contributed by atoms with van der Waals surface area (Å²) in [5.41, 5.74) is 1.50. The van der Waals surface area contributed by atoms with Gasteiger partial charge in [-0.1, -0.05) is 0 Å². The molecular weight excluding hydrogens is 287 g/mol. The van der Waals surface area contributed by atoms with E-state index >= 15 is 0 Å². The van der Waals surface area contributed by atoms with Crippen LogP contribution in [0.3, 0.4) is 0 Å². The molecule has 0 aliphatic carbocycles. The summed E-state index contributed by atoms with van der Waals surface area (Å²) in [6.45, 7) is 0.826. The Morgan fingerprint density at radius 2 is 2.24 bits per heavy atom. The molecule has 1 unspecified atom stereocenters. The molecule has 1 atom stereocenters. The highest BCUT2D eigenvalue weighted by molar-refractivity contribution is 9.10. The zero-order valence-electron chi connectivity index (χ0n) is 9.17. The van der Waals surface area contributed by atoms with Crippen LogP contribution in [0.2, 0.25) is 0 Å². The minimum absolute atomic E-state index is 0.0238. The quantitative estimate of drug-likeness (QED) is 0.799. The van der Waals surface area contributed by atoms with E-state index in [-0.39, 0.29) is 17.8 Å². The standard InChI is InChI=1S/C12H12BrFN2O/c13-7-5-9-11(6-8(7)14)16-4-2-1-3-10(16)12(17)15-9/h5-6,10H,1-4H2,(H,15,17). The van der Waals surface area contributed by atoms with Crippen LogP contribution >= 0.6 is 15.9 Å². The van der Waals surface area contributed by atoms with Crippen molar-refractivity contribution in [1.29, 1.82) is 0 Å². The Bertz CT molecular complexity index is 492. The van der Waals surface area contributed by atoms with Crippen molar-refractivity contribution in [1.82, 2.24) is 0 Å². The van der Waals surface area contributed by atoms with E-state index in [1.54, 1.807) is 6.07 Å². The van der Waals surface area contributed by atoms with E-state index in [0.717, 1.165) is 31.5 Å². The van der Waals surface area contributed by atoms with Crippen LogP contribution in [0, 0.1) is 5.82 Å². The van der Waals surface area contributed by atoms with Crippen molar-refractivity contribution in [3.8, 4) is 0 Å². The minimum Gasteiger partial charge on any atom is -0.358 e. The lowest BCUT2D eigenvalue weighted by molar-refractivity contribution is -0.118. The van der Waals surface area contributed by atoms with Gasteiger partial charge in [0, 0.05) is 12.6 Å². The third-order valence-electron chi connectivity index (χ3n) is 3.41. The number of hydrogen-bond acceptors (Lipinski definition) is 2. The van der Waals surface area contributed by atoms with Gasteiger partial charge < -0.3 is 10.2 Å². The van der Waals surface area contributed by atoms with Crippen molar-refractivity contribution < 1.29 is 9.18 Å². The van der Waals surface area contributed by atoms with Gasteiger partial charge in [0.25, 0.3) is 0 Å². The number of amides is 1. The van der Waals surface area contributed by atoms with E-state index < -0.39 is 0 Å². The Morgan fingerprint density at radius 1 is 1.41 bits per heavy atom. The average Bonchev–Trinajstić information content (AvgIpc) is 2.32. The molecule has 0 saturated carbocycles. The maximum Gasteiger partial charge on any atom is 0.247 e. The Morgan fingerprint density at radius 3 is 3.06 bits per heavy atom. The summed E-state index contributed by atoms with van der Waals surface area (Å²) < 4.78 is 14.0. The zero-order chi connectivity index (χ0) is 12.0. The van der Waals surface area contributed by atoms with Crippen LogP contribution in [-0.2, 0) is 4.79 Å². The number of hydrogen-bond donors (Lipinski definition) is 1. The van der Waals surface area contributed by atoms with Gasteiger partial charge in [0.1, 0.15) is 11.9 Å². The third kappa shape index (κ3) is 1.73. The van der Waals surface area contributed by atoms with Crippen LogP contribution in [0.4, 0.5) is 15.8 Å². The third-order valence-corrected chi connectivity index (χ3v) is 4.02. The number of anilines is 2. The second-order valence-corrected chi connectivity index (χ2v) is 5.33. The highest BCUT2D eigenvalue weighted by Gasteiger charge is 2.34. The first-order valence-corrected chi connectivity index (χ1v) is 6.52. The molecule has 1 aromatic rings. The molecule has 17 heavy (non-hydrogen) atoms. The monoisotopic (exact) mass is 298 g/mol. The largest absolute Gasteiger partial charge is 0.358 e. The lowest BCUT2D eigenvalue weighted by Crippen LogP contribution is -2.50. The minimum atomic E-state index is -0.288. The second-order valence-electron chi connectivity index (χ2n) is 4.48. The second kappa shape index (κ2) is 3.98. The van der Waals surface area contributed by atoms with Gasteiger partial charge in [0.15, 0.2) is 0 Å². The Labute approximate surface area is 107 Å². The van der Waals surface area contributed by atoms with Gasteiger partial charge in [0.2, 0.25) is 5.91 Å². The van der Waals surface area contributed by atoms with Crippen molar-refractivity contribution in [3.05, 3.63) is 22.4 Å². The van der Waals surface area contributed by atoms with Crippen molar-refractivity contribution in [2.45, 2.75) is 25.3 Å². The number of benzene rings is 1. The van der Waals surface area contributed by atoms with Crippen LogP contribution in [0.15, 0.2) is 16.6 Å². The molecule has 90 valence electrons. The number of halogens is 2. The highest BCUT2D eigenvalue weighted by Crippen LogP contribution is 2.38. The summed E-state index contributed by atoms with van der Waals surface area (Å²) in [4.78, 5) is 13.9. The summed E-state index contributed by atoms with van der Waals surface area (Å²) in [5.74, 6) is -0.264.